The van der Waals surface area contributed by atoms with Gasteiger partial charge in [0.15, 0.2) is 0 Å². The van der Waals surface area contributed by atoms with Crippen molar-refractivity contribution in [3.05, 3.63) is 24.0 Å². The van der Waals surface area contributed by atoms with E-state index in [0.717, 1.165) is 25.9 Å². The van der Waals surface area contributed by atoms with E-state index in [4.69, 9.17) is 9.47 Å². The summed E-state index contributed by atoms with van der Waals surface area (Å²) >= 11 is 0. The second kappa shape index (κ2) is 7.95. The largest absolute Gasteiger partial charge is 0.492 e. The first-order valence-electron chi connectivity index (χ1n) is 7.23. The van der Waals surface area contributed by atoms with Gasteiger partial charge in [-0.2, -0.15) is 0 Å². The van der Waals surface area contributed by atoms with Crippen molar-refractivity contribution in [3.8, 4) is 5.75 Å². The Morgan fingerprint density at radius 1 is 1.43 bits per heavy atom. The Morgan fingerprint density at radius 2 is 2.19 bits per heavy atom. The van der Waals surface area contributed by atoms with E-state index in [2.05, 4.69) is 10.6 Å². The topological polar surface area (TPSA) is 59.6 Å². The van der Waals surface area contributed by atoms with E-state index in [9.17, 15) is 9.18 Å². The molecular formula is C15H21FN2O3. The number of amides is 1. The predicted octanol–water partition coefficient (Wildman–Crippen LogP) is 1.93. The van der Waals surface area contributed by atoms with Crippen LogP contribution in [-0.4, -0.2) is 38.3 Å². The van der Waals surface area contributed by atoms with E-state index in [1.165, 1.54) is 18.2 Å². The third-order valence-corrected chi connectivity index (χ3v) is 3.25. The Hall–Kier alpha value is -1.66. The lowest BCUT2D eigenvalue weighted by Gasteiger charge is -2.22. The number of ether oxygens (including phenoxy) is 2. The summed E-state index contributed by atoms with van der Waals surface area (Å²) in [7, 11) is 0. The third kappa shape index (κ3) is 4.99. The Balaban J connectivity index is 1.86. The van der Waals surface area contributed by atoms with Crippen molar-refractivity contribution in [3.63, 3.8) is 0 Å². The molecule has 1 amide bonds. The Kier molecular flexibility index (Phi) is 5.95. The van der Waals surface area contributed by atoms with Crippen molar-refractivity contribution in [2.24, 2.45) is 0 Å². The molecule has 1 aromatic carbocycles. The van der Waals surface area contributed by atoms with Gasteiger partial charge in [0.05, 0.1) is 18.4 Å². The van der Waals surface area contributed by atoms with Gasteiger partial charge in [-0.3, -0.25) is 4.79 Å². The molecule has 1 aromatic rings. The maximum absolute atomic E-state index is 13.2. The fourth-order valence-corrected chi connectivity index (χ4v) is 2.22. The summed E-state index contributed by atoms with van der Waals surface area (Å²) < 4.78 is 24.1. The molecule has 2 N–H and O–H groups in total. The van der Waals surface area contributed by atoms with Crippen molar-refractivity contribution in [2.75, 3.05) is 31.6 Å². The van der Waals surface area contributed by atoms with Crippen LogP contribution in [0.15, 0.2) is 18.2 Å². The number of piperidine rings is 1. The molecule has 1 saturated heterocycles. The number of carbonyl (C=O) groups is 1. The number of rotatable bonds is 6. The number of halogens is 1. The van der Waals surface area contributed by atoms with Crippen LogP contribution >= 0.6 is 0 Å². The number of nitrogens with one attached hydrogen (secondary N) is 2. The molecule has 0 radical (unpaired) electrons. The number of anilines is 1. The quantitative estimate of drug-likeness (QED) is 0.842. The van der Waals surface area contributed by atoms with Crippen molar-refractivity contribution in [1.82, 2.24) is 5.32 Å². The van der Waals surface area contributed by atoms with E-state index < -0.39 is 5.82 Å². The molecule has 0 saturated carbocycles. The van der Waals surface area contributed by atoms with E-state index in [1.54, 1.807) is 6.92 Å². The number of carbonyl (C=O) groups excluding carboxylic acids is 1. The molecule has 0 aromatic heterocycles. The minimum Gasteiger partial charge on any atom is -0.492 e. The highest BCUT2D eigenvalue weighted by molar-refractivity contribution is 5.93. The van der Waals surface area contributed by atoms with Crippen LogP contribution in [0.25, 0.3) is 0 Å². The van der Waals surface area contributed by atoms with Crippen LogP contribution < -0.4 is 15.4 Å². The summed E-state index contributed by atoms with van der Waals surface area (Å²) in [6.45, 7) is 4.03. The summed E-state index contributed by atoms with van der Waals surface area (Å²) in [6, 6.07) is 4.03. The minimum atomic E-state index is -0.401. The fraction of sp³-hybridized carbons (Fsp3) is 0.533. The van der Waals surface area contributed by atoms with Crippen LogP contribution in [-0.2, 0) is 9.53 Å². The zero-order valence-corrected chi connectivity index (χ0v) is 12.2. The van der Waals surface area contributed by atoms with Crippen molar-refractivity contribution >= 4 is 11.6 Å². The maximum atomic E-state index is 13.2. The van der Waals surface area contributed by atoms with Crippen LogP contribution in [0.2, 0.25) is 0 Å². The van der Waals surface area contributed by atoms with Crippen LogP contribution in [0.1, 0.15) is 19.8 Å². The van der Waals surface area contributed by atoms with E-state index in [1.807, 2.05) is 0 Å². The second-order valence-corrected chi connectivity index (χ2v) is 4.88. The summed E-state index contributed by atoms with van der Waals surface area (Å²) in [5, 5.41) is 5.93. The lowest BCUT2D eigenvalue weighted by molar-refractivity contribution is -0.123. The summed E-state index contributed by atoms with van der Waals surface area (Å²) in [4.78, 5) is 11.9. The number of hydrogen-bond donors (Lipinski definition) is 2. The smallest absolute Gasteiger partial charge is 0.250 e. The highest BCUT2D eigenvalue weighted by atomic mass is 19.1. The van der Waals surface area contributed by atoms with Crippen LogP contribution in [0.3, 0.4) is 0 Å². The predicted molar refractivity (Wildman–Crippen MR) is 78.0 cm³/mol. The molecule has 1 aliphatic rings. The van der Waals surface area contributed by atoms with Gasteiger partial charge in [0.1, 0.15) is 18.2 Å². The maximum Gasteiger partial charge on any atom is 0.250 e. The first kappa shape index (κ1) is 15.7. The second-order valence-electron chi connectivity index (χ2n) is 4.88. The van der Waals surface area contributed by atoms with Gasteiger partial charge in [0.2, 0.25) is 5.91 Å². The Labute approximate surface area is 123 Å². The summed E-state index contributed by atoms with van der Waals surface area (Å²) in [6.07, 6.45) is 1.94. The van der Waals surface area contributed by atoms with Gasteiger partial charge in [-0.1, -0.05) is 0 Å². The van der Waals surface area contributed by atoms with Crippen LogP contribution in [0, 0.1) is 5.82 Å². The molecule has 1 fully saturated rings. The van der Waals surface area contributed by atoms with Gasteiger partial charge < -0.3 is 20.1 Å². The minimum absolute atomic E-state index is 0.00634. The Bertz CT molecular complexity index is 476. The molecule has 0 spiro atoms. The van der Waals surface area contributed by atoms with Gasteiger partial charge in [-0.25, -0.2) is 4.39 Å². The van der Waals surface area contributed by atoms with Crippen LogP contribution in [0.5, 0.6) is 5.75 Å². The molecular weight excluding hydrogens is 275 g/mol. The first-order chi connectivity index (χ1) is 10.2. The highest BCUT2D eigenvalue weighted by Crippen LogP contribution is 2.25. The standard InChI is InChI=1S/C15H21FN2O3/c1-2-20-14-9-11(16)3-4-13(14)18-15(19)10-21-12-5-7-17-8-6-12/h3-4,9,12,17H,2,5-8,10H2,1H3,(H,18,19). The average molecular weight is 296 g/mol. The fourth-order valence-electron chi connectivity index (χ4n) is 2.22. The van der Waals surface area contributed by atoms with Crippen molar-refractivity contribution < 1.29 is 18.7 Å². The molecule has 0 atom stereocenters. The number of hydrogen-bond acceptors (Lipinski definition) is 4. The zero-order chi connectivity index (χ0) is 15.1. The van der Waals surface area contributed by atoms with Gasteiger partial charge >= 0.3 is 0 Å². The molecule has 5 nitrogen and oxygen atoms in total. The SMILES string of the molecule is CCOc1cc(F)ccc1NC(=O)COC1CCNCC1. The first-order valence-corrected chi connectivity index (χ1v) is 7.23. The van der Waals surface area contributed by atoms with Crippen molar-refractivity contribution in [2.45, 2.75) is 25.9 Å². The molecule has 1 heterocycles. The molecule has 0 aliphatic carbocycles. The van der Waals surface area contributed by atoms with Gasteiger partial charge in [0.25, 0.3) is 0 Å². The lowest BCUT2D eigenvalue weighted by Crippen LogP contribution is -2.34. The molecule has 116 valence electrons. The lowest BCUT2D eigenvalue weighted by atomic mass is 10.1. The third-order valence-electron chi connectivity index (χ3n) is 3.25. The molecule has 1 aliphatic heterocycles. The molecule has 0 bridgehead atoms. The summed E-state index contributed by atoms with van der Waals surface area (Å²) in [5.41, 5.74) is 0.456. The molecule has 21 heavy (non-hydrogen) atoms. The average Bonchev–Trinajstić information content (AvgIpc) is 2.49. The normalized spacial score (nSPS) is 15.7. The number of benzene rings is 1. The summed E-state index contributed by atoms with van der Waals surface area (Å²) in [5.74, 6) is -0.337. The van der Waals surface area contributed by atoms with Crippen molar-refractivity contribution in [1.29, 1.82) is 0 Å². The van der Waals surface area contributed by atoms with Gasteiger partial charge in [0, 0.05) is 6.07 Å². The van der Waals surface area contributed by atoms with E-state index in [-0.39, 0.29) is 18.6 Å². The molecule has 2 rings (SSSR count). The van der Waals surface area contributed by atoms with Gasteiger partial charge in [-0.15, -0.1) is 0 Å². The van der Waals surface area contributed by atoms with Crippen LogP contribution in [0.4, 0.5) is 10.1 Å². The molecule has 6 heteroatoms. The highest BCUT2D eigenvalue weighted by Gasteiger charge is 2.15. The monoisotopic (exact) mass is 296 g/mol. The molecule has 0 unspecified atom stereocenters. The Morgan fingerprint density at radius 3 is 2.90 bits per heavy atom. The van der Waals surface area contributed by atoms with Gasteiger partial charge in [-0.05, 0) is 45.0 Å². The van der Waals surface area contributed by atoms with E-state index >= 15 is 0 Å². The van der Waals surface area contributed by atoms with E-state index in [0.29, 0.717) is 18.0 Å². The zero-order valence-electron chi connectivity index (χ0n) is 12.2.